The number of oxime groups is 1. The fourth-order valence-corrected chi connectivity index (χ4v) is 2.51. The molecule has 0 aliphatic rings. The van der Waals surface area contributed by atoms with Crippen LogP contribution < -0.4 is 0 Å². The number of hydrogen-bond acceptors (Lipinski definition) is 6. The summed E-state index contributed by atoms with van der Waals surface area (Å²) in [7, 11) is 0. The highest BCUT2D eigenvalue weighted by Crippen LogP contribution is 2.17. The molecule has 0 radical (unpaired) electrons. The lowest BCUT2D eigenvalue weighted by Crippen LogP contribution is -2.08. The van der Waals surface area contributed by atoms with Gasteiger partial charge in [-0.05, 0) is 48.5 Å². The van der Waals surface area contributed by atoms with Crippen LogP contribution in [0.4, 0.5) is 5.69 Å². The van der Waals surface area contributed by atoms with Crippen molar-refractivity contribution in [3.8, 4) is 0 Å². The Morgan fingerprint density at radius 1 is 0.926 bits per heavy atom. The summed E-state index contributed by atoms with van der Waals surface area (Å²) >= 11 is 3.30. The maximum Gasteiger partial charge on any atom is 0.365 e. The zero-order valence-corrected chi connectivity index (χ0v) is 15.4. The van der Waals surface area contributed by atoms with Crippen molar-refractivity contribution in [1.29, 1.82) is 0 Å². The molecule has 1 aromatic heterocycles. The molecule has 0 bridgehead atoms. The average molecular weight is 426 g/mol. The van der Waals surface area contributed by atoms with Crippen molar-refractivity contribution in [3.05, 3.63) is 104 Å². The fraction of sp³-hybridized carbons (Fsp3) is 0. The Morgan fingerprint density at radius 3 is 2.07 bits per heavy atom. The molecule has 0 atom stereocenters. The summed E-state index contributed by atoms with van der Waals surface area (Å²) in [4.78, 5) is 31.6. The van der Waals surface area contributed by atoms with Crippen LogP contribution in [0.3, 0.4) is 0 Å². The first kappa shape index (κ1) is 18.4. The van der Waals surface area contributed by atoms with Crippen LogP contribution >= 0.6 is 15.9 Å². The molecule has 3 aromatic rings. The van der Waals surface area contributed by atoms with Gasteiger partial charge in [-0.1, -0.05) is 21.1 Å². The van der Waals surface area contributed by atoms with Crippen LogP contribution in [-0.4, -0.2) is 21.6 Å². The van der Waals surface area contributed by atoms with E-state index in [4.69, 9.17) is 4.84 Å². The highest BCUT2D eigenvalue weighted by molar-refractivity contribution is 9.10. The Labute approximate surface area is 162 Å². The molecule has 0 amide bonds. The molecule has 0 unspecified atom stereocenters. The lowest BCUT2D eigenvalue weighted by molar-refractivity contribution is -0.384. The van der Waals surface area contributed by atoms with E-state index in [0.717, 1.165) is 4.47 Å². The number of pyridine rings is 1. The second kappa shape index (κ2) is 8.33. The molecule has 0 N–H and O–H groups in total. The van der Waals surface area contributed by atoms with E-state index in [1.165, 1.54) is 12.1 Å². The van der Waals surface area contributed by atoms with Gasteiger partial charge in [0.1, 0.15) is 5.71 Å². The van der Waals surface area contributed by atoms with Crippen LogP contribution in [0.2, 0.25) is 0 Å². The van der Waals surface area contributed by atoms with E-state index >= 15 is 0 Å². The van der Waals surface area contributed by atoms with E-state index in [-0.39, 0.29) is 5.69 Å². The molecular weight excluding hydrogens is 414 g/mol. The van der Waals surface area contributed by atoms with Gasteiger partial charge in [-0.3, -0.25) is 15.1 Å². The maximum absolute atomic E-state index is 12.2. The Hall–Kier alpha value is -3.39. The largest absolute Gasteiger partial charge is 0.365 e. The summed E-state index contributed by atoms with van der Waals surface area (Å²) in [5, 5.41) is 14.8. The van der Waals surface area contributed by atoms with Crippen LogP contribution in [0.15, 0.2) is 82.7 Å². The Morgan fingerprint density at radius 2 is 1.48 bits per heavy atom. The van der Waals surface area contributed by atoms with Crippen molar-refractivity contribution in [2.45, 2.75) is 0 Å². The number of non-ortho nitro benzene ring substituents is 1. The molecule has 2 aromatic carbocycles. The first-order valence-electron chi connectivity index (χ1n) is 7.75. The molecule has 3 rings (SSSR count). The zero-order valence-electron chi connectivity index (χ0n) is 13.8. The zero-order chi connectivity index (χ0) is 19.2. The number of aromatic nitrogens is 1. The van der Waals surface area contributed by atoms with E-state index < -0.39 is 10.9 Å². The fourth-order valence-electron chi connectivity index (χ4n) is 2.25. The Kier molecular flexibility index (Phi) is 5.68. The second-order valence-electron chi connectivity index (χ2n) is 5.37. The predicted molar refractivity (Wildman–Crippen MR) is 103 cm³/mol. The SMILES string of the molecule is O=C(O/N=C(\c1ccncc1)c1ccc([N+](=O)[O-])cc1)c1ccc(Br)cc1. The van der Waals surface area contributed by atoms with Gasteiger partial charge in [0.05, 0.1) is 10.5 Å². The highest BCUT2D eigenvalue weighted by atomic mass is 79.9. The predicted octanol–water partition coefficient (Wildman–Crippen LogP) is 4.36. The molecule has 1 heterocycles. The van der Waals surface area contributed by atoms with Gasteiger partial charge in [0.2, 0.25) is 0 Å². The number of carbonyl (C=O) groups excluding carboxylic acids is 1. The van der Waals surface area contributed by atoms with E-state index in [9.17, 15) is 14.9 Å². The van der Waals surface area contributed by atoms with E-state index in [1.807, 2.05) is 0 Å². The smallest absolute Gasteiger partial charge is 0.312 e. The van der Waals surface area contributed by atoms with Crippen molar-refractivity contribution in [3.63, 3.8) is 0 Å². The second-order valence-corrected chi connectivity index (χ2v) is 6.28. The molecule has 0 aliphatic carbocycles. The normalized spacial score (nSPS) is 11.1. The number of benzene rings is 2. The van der Waals surface area contributed by atoms with E-state index in [0.29, 0.717) is 22.4 Å². The number of rotatable bonds is 5. The number of carbonyl (C=O) groups is 1. The van der Waals surface area contributed by atoms with Crippen LogP contribution in [0.1, 0.15) is 21.5 Å². The number of nitro benzene ring substituents is 1. The molecule has 0 saturated heterocycles. The van der Waals surface area contributed by atoms with Gasteiger partial charge in [-0.2, -0.15) is 0 Å². The first-order valence-corrected chi connectivity index (χ1v) is 8.54. The standard InChI is InChI=1S/C19H12BrN3O4/c20-16-5-1-15(2-6-16)19(24)27-22-18(14-9-11-21-12-10-14)13-3-7-17(8-4-13)23(25)26/h1-12H/b22-18-. The molecule has 8 heteroatoms. The summed E-state index contributed by atoms with van der Waals surface area (Å²) < 4.78 is 0.839. The molecule has 0 fully saturated rings. The topological polar surface area (TPSA) is 94.7 Å². The minimum atomic E-state index is -0.615. The van der Waals surface area contributed by atoms with Crippen molar-refractivity contribution in [2.75, 3.05) is 0 Å². The van der Waals surface area contributed by atoms with Gasteiger partial charge in [0.25, 0.3) is 5.69 Å². The highest BCUT2D eigenvalue weighted by Gasteiger charge is 2.13. The van der Waals surface area contributed by atoms with Gasteiger partial charge in [0.15, 0.2) is 0 Å². The van der Waals surface area contributed by atoms with E-state index in [1.54, 1.807) is 60.9 Å². The summed E-state index contributed by atoms with van der Waals surface area (Å²) in [5.41, 5.74) is 1.88. The molecule has 134 valence electrons. The maximum atomic E-state index is 12.2. The van der Waals surface area contributed by atoms with Crippen molar-refractivity contribution < 1.29 is 14.6 Å². The minimum Gasteiger partial charge on any atom is -0.312 e. The molecule has 7 nitrogen and oxygen atoms in total. The quantitative estimate of drug-likeness (QED) is 0.262. The van der Waals surface area contributed by atoms with Gasteiger partial charge in [-0.15, -0.1) is 0 Å². The van der Waals surface area contributed by atoms with Gasteiger partial charge in [-0.25, -0.2) is 4.79 Å². The molecular formula is C19H12BrN3O4. The number of nitrogens with zero attached hydrogens (tertiary/aromatic N) is 3. The number of nitro groups is 1. The first-order chi connectivity index (χ1) is 13.0. The number of halogens is 1. The van der Waals surface area contributed by atoms with Crippen LogP contribution in [-0.2, 0) is 4.84 Å². The van der Waals surface area contributed by atoms with Crippen LogP contribution in [0.25, 0.3) is 0 Å². The van der Waals surface area contributed by atoms with Gasteiger partial charge >= 0.3 is 5.97 Å². The Bertz CT molecular complexity index is 988. The monoisotopic (exact) mass is 425 g/mol. The van der Waals surface area contributed by atoms with Gasteiger partial charge < -0.3 is 4.84 Å². The summed E-state index contributed by atoms with van der Waals surface area (Å²) in [6.07, 6.45) is 3.15. The lowest BCUT2D eigenvalue weighted by atomic mass is 10.0. The third-order valence-corrected chi connectivity index (χ3v) is 4.13. The third-order valence-electron chi connectivity index (χ3n) is 3.61. The summed E-state index contributed by atoms with van der Waals surface area (Å²) in [5.74, 6) is -0.615. The number of hydrogen-bond donors (Lipinski definition) is 0. The minimum absolute atomic E-state index is 0.0420. The van der Waals surface area contributed by atoms with Crippen LogP contribution in [0, 0.1) is 10.1 Å². The van der Waals surface area contributed by atoms with Crippen molar-refractivity contribution in [2.24, 2.45) is 5.16 Å². The van der Waals surface area contributed by atoms with Crippen molar-refractivity contribution >= 4 is 33.3 Å². The molecule has 27 heavy (non-hydrogen) atoms. The summed E-state index contributed by atoms with van der Waals surface area (Å²) in [6.45, 7) is 0. The molecule has 0 spiro atoms. The average Bonchev–Trinajstić information content (AvgIpc) is 2.69. The molecule has 0 saturated carbocycles. The van der Waals surface area contributed by atoms with Crippen LogP contribution in [0.5, 0.6) is 0 Å². The Balaban J connectivity index is 1.92. The van der Waals surface area contributed by atoms with Crippen molar-refractivity contribution in [1.82, 2.24) is 4.98 Å². The van der Waals surface area contributed by atoms with Gasteiger partial charge in [0, 0.05) is 40.1 Å². The summed E-state index contributed by atoms with van der Waals surface area (Å²) in [6, 6.07) is 15.9. The van der Waals surface area contributed by atoms with E-state index in [2.05, 4.69) is 26.1 Å². The lowest BCUT2D eigenvalue weighted by Gasteiger charge is -2.07. The third kappa shape index (κ3) is 4.62. The molecule has 0 aliphatic heterocycles.